The van der Waals surface area contributed by atoms with Crippen LogP contribution in [0.1, 0.15) is 55.4 Å². The fourth-order valence-electron chi connectivity index (χ4n) is 4.44. The van der Waals surface area contributed by atoms with Gasteiger partial charge in [-0.15, -0.1) is 0 Å². The SMILES string of the molecule is CCc1nc(C2CCCN(C(=O)C3CC(=O)N(C)C3c3cccc(Cl)c3)C2)no1. The van der Waals surface area contributed by atoms with Gasteiger partial charge in [-0.1, -0.05) is 35.8 Å². The molecule has 3 atom stereocenters. The lowest BCUT2D eigenvalue weighted by molar-refractivity contribution is -0.137. The van der Waals surface area contributed by atoms with Gasteiger partial charge in [0.25, 0.3) is 0 Å². The molecule has 7 nitrogen and oxygen atoms in total. The third-order valence-corrected chi connectivity index (χ3v) is 6.21. The molecule has 1 aromatic carbocycles. The van der Waals surface area contributed by atoms with Crippen LogP contribution in [0.2, 0.25) is 5.02 Å². The van der Waals surface area contributed by atoms with E-state index in [1.165, 1.54) is 0 Å². The lowest BCUT2D eigenvalue weighted by Crippen LogP contribution is -2.43. The van der Waals surface area contributed by atoms with E-state index >= 15 is 0 Å². The normalized spacial score (nSPS) is 24.9. The van der Waals surface area contributed by atoms with Gasteiger partial charge in [0, 0.05) is 43.9 Å². The van der Waals surface area contributed by atoms with Crippen LogP contribution in [0.4, 0.5) is 0 Å². The number of halogens is 1. The highest BCUT2D eigenvalue weighted by Gasteiger charge is 2.45. The highest BCUT2D eigenvalue weighted by Crippen LogP contribution is 2.39. The van der Waals surface area contributed by atoms with Gasteiger partial charge in [-0.3, -0.25) is 9.59 Å². The van der Waals surface area contributed by atoms with E-state index in [1.807, 2.05) is 30.0 Å². The third kappa shape index (κ3) is 3.88. The maximum atomic E-state index is 13.4. The molecule has 2 amide bonds. The van der Waals surface area contributed by atoms with Crippen LogP contribution in [0.3, 0.4) is 0 Å². The van der Waals surface area contributed by atoms with Gasteiger partial charge < -0.3 is 14.3 Å². The minimum Gasteiger partial charge on any atom is -0.342 e. The van der Waals surface area contributed by atoms with Crippen molar-refractivity contribution in [1.29, 1.82) is 0 Å². The van der Waals surface area contributed by atoms with Crippen LogP contribution in [0.15, 0.2) is 28.8 Å². The number of carbonyl (C=O) groups excluding carboxylic acids is 2. The number of amides is 2. The van der Waals surface area contributed by atoms with Crippen LogP contribution >= 0.6 is 11.6 Å². The summed E-state index contributed by atoms with van der Waals surface area (Å²) in [7, 11) is 1.76. The van der Waals surface area contributed by atoms with Gasteiger partial charge in [-0.05, 0) is 30.5 Å². The first-order valence-corrected chi connectivity index (χ1v) is 10.5. The molecule has 3 heterocycles. The Morgan fingerprint density at radius 3 is 2.93 bits per heavy atom. The van der Waals surface area contributed by atoms with Crippen molar-refractivity contribution in [2.75, 3.05) is 20.1 Å². The Balaban J connectivity index is 1.54. The van der Waals surface area contributed by atoms with Crippen molar-refractivity contribution >= 4 is 23.4 Å². The lowest BCUT2D eigenvalue weighted by atomic mass is 9.90. The molecule has 154 valence electrons. The fraction of sp³-hybridized carbons (Fsp3) is 0.524. The van der Waals surface area contributed by atoms with Crippen molar-refractivity contribution in [2.24, 2.45) is 5.92 Å². The smallest absolute Gasteiger partial charge is 0.228 e. The number of aryl methyl sites for hydroxylation is 1. The van der Waals surface area contributed by atoms with Crippen molar-refractivity contribution in [3.05, 3.63) is 46.6 Å². The number of rotatable bonds is 4. The maximum absolute atomic E-state index is 13.4. The molecule has 0 aliphatic carbocycles. The van der Waals surface area contributed by atoms with Crippen LogP contribution < -0.4 is 0 Å². The summed E-state index contributed by atoms with van der Waals surface area (Å²) in [5.74, 6) is 0.930. The van der Waals surface area contributed by atoms with Crippen LogP contribution in [0.25, 0.3) is 0 Å². The molecule has 0 spiro atoms. The van der Waals surface area contributed by atoms with Gasteiger partial charge in [-0.25, -0.2) is 0 Å². The van der Waals surface area contributed by atoms with Gasteiger partial charge in [0.1, 0.15) is 0 Å². The molecular formula is C21H25ClN4O3. The van der Waals surface area contributed by atoms with E-state index in [2.05, 4.69) is 10.1 Å². The zero-order valence-electron chi connectivity index (χ0n) is 16.7. The monoisotopic (exact) mass is 416 g/mol. The lowest BCUT2D eigenvalue weighted by Gasteiger charge is -2.35. The predicted molar refractivity (Wildman–Crippen MR) is 107 cm³/mol. The summed E-state index contributed by atoms with van der Waals surface area (Å²) in [6.07, 6.45) is 2.72. The Labute approximate surface area is 175 Å². The fourth-order valence-corrected chi connectivity index (χ4v) is 4.64. The van der Waals surface area contributed by atoms with E-state index in [4.69, 9.17) is 16.1 Å². The summed E-state index contributed by atoms with van der Waals surface area (Å²) in [4.78, 5) is 33.9. The molecule has 0 N–H and O–H groups in total. The van der Waals surface area contributed by atoms with E-state index < -0.39 is 5.92 Å². The molecule has 29 heavy (non-hydrogen) atoms. The van der Waals surface area contributed by atoms with Crippen molar-refractivity contribution in [2.45, 2.75) is 44.6 Å². The molecule has 8 heteroatoms. The van der Waals surface area contributed by atoms with Gasteiger partial charge >= 0.3 is 0 Å². The minimum absolute atomic E-state index is 0.0107. The Kier molecular flexibility index (Phi) is 5.58. The van der Waals surface area contributed by atoms with Crippen molar-refractivity contribution < 1.29 is 14.1 Å². The van der Waals surface area contributed by atoms with E-state index in [0.717, 1.165) is 18.4 Å². The van der Waals surface area contributed by atoms with Crippen LogP contribution in [0.5, 0.6) is 0 Å². The molecule has 0 radical (unpaired) electrons. The maximum Gasteiger partial charge on any atom is 0.228 e. The Hall–Kier alpha value is -2.41. The van der Waals surface area contributed by atoms with E-state index in [1.54, 1.807) is 18.0 Å². The van der Waals surface area contributed by atoms with Crippen molar-refractivity contribution in [1.82, 2.24) is 19.9 Å². The number of benzene rings is 1. The van der Waals surface area contributed by atoms with Crippen LogP contribution in [-0.2, 0) is 16.0 Å². The van der Waals surface area contributed by atoms with Crippen molar-refractivity contribution in [3.8, 4) is 0 Å². The molecule has 2 fully saturated rings. The Morgan fingerprint density at radius 2 is 2.21 bits per heavy atom. The first-order valence-electron chi connectivity index (χ1n) is 10.1. The molecule has 1 aromatic heterocycles. The molecule has 2 aromatic rings. The van der Waals surface area contributed by atoms with Gasteiger partial charge in [0.05, 0.1) is 12.0 Å². The quantitative estimate of drug-likeness (QED) is 0.764. The average molecular weight is 417 g/mol. The summed E-state index contributed by atoms with van der Waals surface area (Å²) in [6.45, 7) is 3.21. The van der Waals surface area contributed by atoms with Gasteiger partial charge in [0.2, 0.25) is 17.7 Å². The highest BCUT2D eigenvalue weighted by atomic mass is 35.5. The molecule has 4 rings (SSSR count). The molecule has 0 bridgehead atoms. The average Bonchev–Trinajstić information content (AvgIpc) is 3.32. The first kappa shape index (κ1) is 19.9. The first-order chi connectivity index (χ1) is 14.0. The number of hydrogen-bond donors (Lipinski definition) is 0. The van der Waals surface area contributed by atoms with Gasteiger partial charge in [0.15, 0.2) is 5.82 Å². The molecule has 3 unspecified atom stereocenters. The highest BCUT2D eigenvalue weighted by molar-refractivity contribution is 6.30. The zero-order chi connectivity index (χ0) is 20.5. The summed E-state index contributed by atoms with van der Waals surface area (Å²) in [5.41, 5.74) is 0.892. The molecule has 2 aliphatic heterocycles. The summed E-state index contributed by atoms with van der Waals surface area (Å²) >= 11 is 6.16. The van der Waals surface area contributed by atoms with Gasteiger partial charge in [-0.2, -0.15) is 4.98 Å². The standard InChI is InChI=1S/C21H25ClN4O3/c1-3-17-23-20(24-29-17)14-7-5-9-26(12-14)21(28)16-11-18(27)25(2)19(16)13-6-4-8-15(22)10-13/h4,6,8,10,14,16,19H,3,5,7,9,11-12H2,1-2H3. The molecule has 2 aliphatic rings. The second kappa shape index (κ2) is 8.14. The Bertz CT molecular complexity index is 915. The summed E-state index contributed by atoms with van der Waals surface area (Å²) in [6, 6.07) is 7.12. The van der Waals surface area contributed by atoms with E-state index in [0.29, 0.717) is 36.2 Å². The topological polar surface area (TPSA) is 79.5 Å². The number of hydrogen-bond acceptors (Lipinski definition) is 5. The Morgan fingerprint density at radius 1 is 1.38 bits per heavy atom. The van der Waals surface area contributed by atoms with Crippen LogP contribution in [-0.4, -0.2) is 51.9 Å². The number of nitrogens with zero attached hydrogens (tertiary/aromatic N) is 4. The minimum atomic E-state index is -0.416. The van der Waals surface area contributed by atoms with E-state index in [9.17, 15) is 9.59 Å². The molecule has 0 saturated carbocycles. The largest absolute Gasteiger partial charge is 0.342 e. The summed E-state index contributed by atoms with van der Waals surface area (Å²) in [5, 5.41) is 4.70. The second-order valence-corrected chi connectivity index (χ2v) is 8.27. The number of aromatic nitrogens is 2. The van der Waals surface area contributed by atoms with Crippen LogP contribution in [0, 0.1) is 5.92 Å². The summed E-state index contributed by atoms with van der Waals surface area (Å²) < 4.78 is 5.25. The molecular weight excluding hydrogens is 392 g/mol. The zero-order valence-corrected chi connectivity index (χ0v) is 17.4. The number of carbonyl (C=O) groups is 2. The number of likely N-dealkylation sites (tertiary alicyclic amines) is 2. The number of piperidine rings is 1. The second-order valence-electron chi connectivity index (χ2n) is 7.84. The third-order valence-electron chi connectivity index (χ3n) is 5.98. The molecule has 2 saturated heterocycles. The van der Waals surface area contributed by atoms with Crippen molar-refractivity contribution in [3.63, 3.8) is 0 Å². The predicted octanol–water partition coefficient (Wildman–Crippen LogP) is 3.21. The van der Waals surface area contributed by atoms with E-state index in [-0.39, 0.29) is 30.2 Å².